The summed E-state index contributed by atoms with van der Waals surface area (Å²) in [6, 6.07) is -0.290. The van der Waals surface area contributed by atoms with Gasteiger partial charge in [0.25, 0.3) is 0 Å². The summed E-state index contributed by atoms with van der Waals surface area (Å²) in [7, 11) is 0. The molecule has 1 aliphatic carbocycles. The van der Waals surface area contributed by atoms with Crippen molar-refractivity contribution in [2.24, 2.45) is 0 Å². The Labute approximate surface area is 129 Å². The van der Waals surface area contributed by atoms with E-state index < -0.39 is 0 Å². The molecule has 2 N–H and O–H groups in total. The molecule has 1 aromatic heterocycles. The number of carbonyl (C=O) groups excluding carboxylic acids is 2. The van der Waals surface area contributed by atoms with Gasteiger partial charge in [0.1, 0.15) is 5.00 Å². The maximum absolute atomic E-state index is 12.2. The molecule has 0 saturated heterocycles. The van der Waals surface area contributed by atoms with Crippen molar-refractivity contribution in [2.75, 3.05) is 18.5 Å². The van der Waals surface area contributed by atoms with E-state index in [2.05, 4.69) is 10.6 Å². The first-order valence-corrected chi connectivity index (χ1v) is 8.26. The van der Waals surface area contributed by atoms with Crippen LogP contribution in [0.25, 0.3) is 0 Å². The number of likely N-dealkylation sites (N-methyl/N-ethyl adjacent to an activating group) is 1. The fourth-order valence-electron chi connectivity index (χ4n) is 2.53. The molecule has 1 aliphatic rings. The molecule has 5 nitrogen and oxygen atoms in total. The molecule has 0 fully saturated rings. The number of thiophene rings is 1. The van der Waals surface area contributed by atoms with Gasteiger partial charge in [0, 0.05) is 4.88 Å². The second kappa shape index (κ2) is 7.04. The van der Waals surface area contributed by atoms with Crippen LogP contribution in [0.5, 0.6) is 0 Å². The van der Waals surface area contributed by atoms with Gasteiger partial charge in [-0.1, -0.05) is 6.92 Å². The van der Waals surface area contributed by atoms with Gasteiger partial charge >= 0.3 is 5.97 Å². The van der Waals surface area contributed by atoms with Crippen LogP contribution in [0.1, 0.15) is 48.0 Å². The summed E-state index contributed by atoms with van der Waals surface area (Å²) in [6.07, 6.45) is 2.93. The number of rotatable bonds is 6. The molecule has 0 saturated carbocycles. The fourth-order valence-corrected chi connectivity index (χ4v) is 3.81. The van der Waals surface area contributed by atoms with E-state index in [1.165, 1.54) is 16.2 Å². The van der Waals surface area contributed by atoms with Crippen molar-refractivity contribution in [3.05, 3.63) is 16.0 Å². The summed E-state index contributed by atoms with van der Waals surface area (Å²) >= 11 is 1.51. The highest BCUT2D eigenvalue weighted by atomic mass is 32.1. The van der Waals surface area contributed by atoms with Crippen LogP contribution >= 0.6 is 11.3 Å². The Morgan fingerprint density at radius 3 is 2.76 bits per heavy atom. The lowest BCUT2D eigenvalue weighted by Crippen LogP contribution is -2.37. The molecule has 0 aliphatic heterocycles. The van der Waals surface area contributed by atoms with Gasteiger partial charge in [-0.3, -0.25) is 4.79 Å². The van der Waals surface area contributed by atoms with Gasteiger partial charge in [-0.25, -0.2) is 4.79 Å². The van der Waals surface area contributed by atoms with E-state index in [0.29, 0.717) is 17.2 Å². The maximum atomic E-state index is 12.2. The molecule has 116 valence electrons. The smallest absolute Gasteiger partial charge is 0.341 e. The Hall–Kier alpha value is -1.40. The predicted molar refractivity (Wildman–Crippen MR) is 84.1 cm³/mol. The van der Waals surface area contributed by atoms with Gasteiger partial charge in [0.15, 0.2) is 0 Å². The number of anilines is 1. The standard InChI is InChI=1S/C15H22N2O3S/c1-4-16-9(3)13(18)17-14-12(15(19)20-5-2)10-7-6-8-11(10)21-14/h9,16H,4-8H2,1-3H3,(H,17,18). The molecule has 0 bridgehead atoms. The van der Waals surface area contributed by atoms with E-state index in [1.54, 1.807) is 6.92 Å². The van der Waals surface area contributed by atoms with Crippen molar-refractivity contribution in [1.82, 2.24) is 5.32 Å². The number of esters is 1. The lowest BCUT2D eigenvalue weighted by atomic mass is 10.1. The average molecular weight is 310 g/mol. The molecular formula is C15H22N2O3S. The van der Waals surface area contributed by atoms with Crippen LogP contribution in [0.3, 0.4) is 0 Å². The molecule has 1 heterocycles. The molecule has 1 amide bonds. The van der Waals surface area contributed by atoms with Gasteiger partial charge < -0.3 is 15.4 Å². The van der Waals surface area contributed by atoms with Crippen molar-refractivity contribution in [3.8, 4) is 0 Å². The number of fused-ring (bicyclic) bond motifs is 1. The maximum Gasteiger partial charge on any atom is 0.341 e. The second-order valence-electron chi connectivity index (χ2n) is 5.05. The summed E-state index contributed by atoms with van der Waals surface area (Å²) in [4.78, 5) is 25.5. The number of hydrogen-bond acceptors (Lipinski definition) is 5. The van der Waals surface area contributed by atoms with Crippen LogP contribution < -0.4 is 10.6 Å². The van der Waals surface area contributed by atoms with Crippen LogP contribution in [0.4, 0.5) is 5.00 Å². The molecule has 6 heteroatoms. The van der Waals surface area contributed by atoms with Crippen LogP contribution in [0.15, 0.2) is 0 Å². The largest absolute Gasteiger partial charge is 0.462 e. The zero-order valence-electron chi connectivity index (χ0n) is 12.7. The van der Waals surface area contributed by atoms with Crippen LogP contribution in [-0.4, -0.2) is 31.1 Å². The third-order valence-electron chi connectivity index (χ3n) is 3.54. The quantitative estimate of drug-likeness (QED) is 0.792. The highest BCUT2D eigenvalue weighted by Gasteiger charge is 2.28. The van der Waals surface area contributed by atoms with Crippen molar-refractivity contribution in [1.29, 1.82) is 0 Å². The van der Waals surface area contributed by atoms with Crippen molar-refractivity contribution in [2.45, 2.75) is 46.1 Å². The molecule has 1 atom stereocenters. The predicted octanol–water partition coefficient (Wildman–Crippen LogP) is 2.35. The van der Waals surface area contributed by atoms with E-state index in [-0.39, 0.29) is 17.9 Å². The minimum Gasteiger partial charge on any atom is -0.462 e. The number of carbonyl (C=O) groups is 2. The third kappa shape index (κ3) is 3.44. The summed E-state index contributed by atoms with van der Waals surface area (Å²) < 4.78 is 5.14. The second-order valence-corrected chi connectivity index (χ2v) is 6.16. The van der Waals surface area contributed by atoms with Gasteiger partial charge in [-0.2, -0.15) is 0 Å². The molecule has 1 aromatic rings. The van der Waals surface area contributed by atoms with E-state index in [1.807, 2.05) is 13.8 Å². The SMILES string of the molecule is CCNC(C)C(=O)Nc1sc2c(c1C(=O)OCC)CCC2. The highest BCUT2D eigenvalue weighted by Crippen LogP contribution is 2.39. The minimum absolute atomic E-state index is 0.123. The van der Waals surface area contributed by atoms with Crippen LogP contribution in [0, 0.1) is 0 Å². The third-order valence-corrected chi connectivity index (χ3v) is 4.75. The van der Waals surface area contributed by atoms with E-state index in [4.69, 9.17) is 4.74 Å². The number of hydrogen-bond donors (Lipinski definition) is 2. The summed E-state index contributed by atoms with van der Waals surface area (Å²) in [5.74, 6) is -0.453. The van der Waals surface area contributed by atoms with Crippen molar-refractivity contribution >= 4 is 28.2 Å². The Morgan fingerprint density at radius 1 is 1.33 bits per heavy atom. The summed E-state index contributed by atoms with van der Waals surface area (Å²) in [6.45, 7) is 6.61. The minimum atomic E-state index is -0.330. The first-order valence-electron chi connectivity index (χ1n) is 7.44. The lowest BCUT2D eigenvalue weighted by molar-refractivity contribution is -0.117. The number of amides is 1. The zero-order valence-corrected chi connectivity index (χ0v) is 13.6. The molecule has 0 aromatic carbocycles. The first kappa shape index (κ1) is 16.0. The normalized spacial score (nSPS) is 14.6. The van der Waals surface area contributed by atoms with Gasteiger partial charge in [0.2, 0.25) is 5.91 Å². The zero-order chi connectivity index (χ0) is 15.4. The van der Waals surface area contributed by atoms with E-state index in [0.717, 1.165) is 31.4 Å². The molecule has 0 radical (unpaired) electrons. The van der Waals surface area contributed by atoms with E-state index >= 15 is 0 Å². The molecule has 0 spiro atoms. The molecular weight excluding hydrogens is 288 g/mol. The molecule has 1 unspecified atom stereocenters. The van der Waals surface area contributed by atoms with Crippen molar-refractivity contribution in [3.63, 3.8) is 0 Å². The summed E-state index contributed by atoms with van der Waals surface area (Å²) in [5, 5.41) is 6.58. The number of nitrogens with one attached hydrogen (secondary N) is 2. The number of ether oxygens (including phenoxy) is 1. The van der Waals surface area contributed by atoms with Gasteiger partial charge in [0.05, 0.1) is 18.2 Å². The monoisotopic (exact) mass is 310 g/mol. The van der Waals surface area contributed by atoms with Crippen LogP contribution in [-0.2, 0) is 22.4 Å². The topological polar surface area (TPSA) is 67.4 Å². The Bertz CT molecular complexity index is 539. The van der Waals surface area contributed by atoms with Gasteiger partial charge in [-0.15, -0.1) is 11.3 Å². The van der Waals surface area contributed by atoms with Gasteiger partial charge in [-0.05, 0) is 45.2 Å². The molecule has 2 rings (SSSR count). The van der Waals surface area contributed by atoms with Crippen LogP contribution in [0.2, 0.25) is 0 Å². The Morgan fingerprint density at radius 2 is 2.10 bits per heavy atom. The summed E-state index contributed by atoms with van der Waals surface area (Å²) in [5.41, 5.74) is 1.62. The fraction of sp³-hybridized carbons (Fsp3) is 0.600. The van der Waals surface area contributed by atoms with Crippen molar-refractivity contribution < 1.29 is 14.3 Å². The Kier molecular flexibility index (Phi) is 5.36. The average Bonchev–Trinajstić information content (AvgIpc) is 2.99. The van der Waals surface area contributed by atoms with E-state index in [9.17, 15) is 9.59 Å². The lowest BCUT2D eigenvalue weighted by Gasteiger charge is -2.13. The first-order chi connectivity index (χ1) is 10.1. The Balaban J connectivity index is 2.23. The number of aryl methyl sites for hydroxylation is 1. The molecule has 21 heavy (non-hydrogen) atoms. The highest BCUT2D eigenvalue weighted by molar-refractivity contribution is 7.17.